The van der Waals surface area contributed by atoms with E-state index in [2.05, 4.69) is 0 Å². The predicted octanol–water partition coefficient (Wildman–Crippen LogP) is 0.972. The molecule has 0 bridgehead atoms. The summed E-state index contributed by atoms with van der Waals surface area (Å²) < 4.78 is 26.5. The highest BCUT2D eigenvalue weighted by atomic mass is 32.2. The van der Waals surface area contributed by atoms with Crippen LogP contribution in [-0.4, -0.2) is 42.9 Å². The summed E-state index contributed by atoms with van der Waals surface area (Å²) in [7, 11) is -3.10. The van der Waals surface area contributed by atoms with Gasteiger partial charge >= 0.3 is 0 Å². The smallest absolute Gasteiger partial charge is 0.211 e. The lowest BCUT2D eigenvalue weighted by atomic mass is 9.99. The van der Waals surface area contributed by atoms with E-state index in [1.165, 1.54) is 10.6 Å². The second-order valence-corrected chi connectivity index (χ2v) is 6.81. The van der Waals surface area contributed by atoms with Gasteiger partial charge in [0.1, 0.15) is 0 Å². The number of rotatable bonds is 4. The molecule has 1 aliphatic heterocycles. The second-order valence-electron chi connectivity index (χ2n) is 4.83. The summed E-state index contributed by atoms with van der Waals surface area (Å²) in [6.07, 6.45) is 5.83. The zero-order valence-electron chi connectivity index (χ0n) is 10.4. The van der Waals surface area contributed by atoms with Gasteiger partial charge in [-0.15, -0.1) is 0 Å². The summed E-state index contributed by atoms with van der Waals surface area (Å²) in [5, 5.41) is 0. The Labute approximate surface area is 107 Å². The normalized spacial score (nSPS) is 21.9. The van der Waals surface area contributed by atoms with Gasteiger partial charge in [-0.2, -0.15) is 0 Å². The van der Waals surface area contributed by atoms with Crippen molar-refractivity contribution in [1.82, 2.24) is 8.87 Å². The van der Waals surface area contributed by atoms with Crippen LogP contribution in [0.1, 0.15) is 23.3 Å². The molecule has 0 aliphatic carbocycles. The fraction of sp³-hybridized carbons (Fsp3) is 0.583. The number of nitrogens with zero attached hydrogens (tertiary/aromatic N) is 2. The summed E-state index contributed by atoms with van der Waals surface area (Å²) in [6, 6.07) is 3.60. The number of aldehydes is 1. The molecule has 0 spiro atoms. The molecule has 1 aliphatic rings. The third kappa shape index (κ3) is 3.00. The summed E-state index contributed by atoms with van der Waals surface area (Å²) >= 11 is 0. The largest absolute Gasteiger partial charge is 0.345 e. The average Bonchev–Trinajstić information content (AvgIpc) is 2.75. The fourth-order valence-corrected chi connectivity index (χ4v) is 3.40. The van der Waals surface area contributed by atoms with Gasteiger partial charge in [-0.1, -0.05) is 0 Å². The van der Waals surface area contributed by atoms with Crippen molar-refractivity contribution in [2.45, 2.75) is 19.4 Å². The number of hydrogen-bond acceptors (Lipinski definition) is 3. The Morgan fingerprint density at radius 3 is 2.94 bits per heavy atom. The lowest BCUT2D eigenvalue weighted by molar-refractivity contribution is 0.111. The fourth-order valence-electron chi connectivity index (χ4n) is 2.46. The molecule has 0 radical (unpaired) electrons. The van der Waals surface area contributed by atoms with Crippen LogP contribution in [0.15, 0.2) is 18.3 Å². The van der Waals surface area contributed by atoms with Crippen molar-refractivity contribution in [2.24, 2.45) is 5.92 Å². The maximum absolute atomic E-state index is 11.5. The molecule has 0 saturated carbocycles. The Bertz CT molecular complexity index is 521. The summed E-state index contributed by atoms with van der Waals surface area (Å²) in [5.74, 6) is 0.277. The maximum atomic E-state index is 11.5. The number of carbonyl (C=O) groups is 1. The summed E-state index contributed by atoms with van der Waals surface area (Å²) in [6.45, 7) is 1.87. The Hall–Kier alpha value is -1.14. The number of carbonyl (C=O) groups excluding carboxylic acids is 1. The number of sulfonamides is 1. The first-order chi connectivity index (χ1) is 8.50. The van der Waals surface area contributed by atoms with Crippen molar-refractivity contribution >= 4 is 16.3 Å². The van der Waals surface area contributed by atoms with Crippen LogP contribution in [0.3, 0.4) is 0 Å². The van der Waals surface area contributed by atoms with Crippen LogP contribution in [0.4, 0.5) is 0 Å². The van der Waals surface area contributed by atoms with Crippen LogP contribution < -0.4 is 0 Å². The van der Waals surface area contributed by atoms with Crippen LogP contribution in [0.25, 0.3) is 0 Å². The molecule has 0 amide bonds. The van der Waals surface area contributed by atoms with Gasteiger partial charge in [0.2, 0.25) is 10.0 Å². The topological polar surface area (TPSA) is 59.4 Å². The number of aromatic nitrogens is 1. The van der Waals surface area contributed by atoms with Crippen LogP contribution in [0, 0.1) is 5.92 Å². The van der Waals surface area contributed by atoms with Crippen LogP contribution >= 0.6 is 0 Å². The van der Waals surface area contributed by atoms with Gasteiger partial charge < -0.3 is 4.57 Å². The van der Waals surface area contributed by atoms with Crippen LogP contribution in [0.2, 0.25) is 0 Å². The standard InChI is InChI=1S/C12H18N2O3S/c1-18(16,17)14-7-2-4-11(9-14)8-13-6-3-5-12(13)10-15/h3,5-6,10-11H,2,4,7-9H2,1H3. The van der Waals surface area contributed by atoms with Crippen LogP contribution in [-0.2, 0) is 16.6 Å². The molecule has 1 aromatic heterocycles. The molecule has 100 valence electrons. The van der Waals surface area contributed by atoms with E-state index in [1.807, 2.05) is 16.8 Å². The Morgan fingerprint density at radius 1 is 1.50 bits per heavy atom. The molecule has 18 heavy (non-hydrogen) atoms. The van der Waals surface area contributed by atoms with Gasteiger partial charge in [0.05, 0.1) is 11.9 Å². The van der Waals surface area contributed by atoms with Crippen molar-refractivity contribution in [3.63, 3.8) is 0 Å². The first kappa shape index (κ1) is 13.3. The Kier molecular flexibility index (Phi) is 3.87. The molecule has 1 fully saturated rings. The lowest BCUT2D eigenvalue weighted by Gasteiger charge is -2.31. The van der Waals surface area contributed by atoms with Gasteiger partial charge in [0.25, 0.3) is 0 Å². The maximum Gasteiger partial charge on any atom is 0.211 e. The zero-order valence-corrected chi connectivity index (χ0v) is 11.3. The van der Waals surface area contributed by atoms with Gasteiger partial charge in [-0.25, -0.2) is 12.7 Å². The van der Waals surface area contributed by atoms with Crippen LogP contribution in [0.5, 0.6) is 0 Å². The summed E-state index contributed by atoms with van der Waals surface area (Å²) in [5.41, 5.74) is 0.645. The van der Waals surface area contributed by atoms with Crippen molar-refractivity contribution in [1.29, 1.82) is 0 Å². The average molecular weight is 270 g/mol. The zero-order chi connectivity index (χ0) is 13.2. The number of piperidine rings is 1. The van der Waals surface area contributed by atoms with Crippen molar-refractivity contribution in [3.8, 4) is 0 Å². The third-order valence-electron chi connectivity index (χ3n) is 3.39. The van der Waals surface area contributed by atoms with E-state index < -0.39 is 10.0 Å². The van der Waals surface area contributed by atoms with Gasteiger partial charge in [0, 0.05) is 25.8 Å². The molecule has 2 heterocycles. The predicted molar refractivity (Wildman–Crippen MR) is 69.0 cm³/mol. The molecule has 0 N–H and O–H groups in total. The molecule has 6 heteroatoms. The van der Waals surface area contributed by atoms with Gasteiger partial charge in [0.15, 0.2) is 6.29 Å². The third-order valence-corrected chi connectivity index (χ3v) is 4.66. The Morgan fingerprint density at radius 2 is 2.28 bits per heavy atom. The SMILES string of the molecule is CS(=O)(=O)N1CCCC(Cn2cccc2C=O)C1. The quantitative estimate of drug-likeness (QED) is 0.766. The van der Waals surface area contributed by atoms with Gasteiger partial charge in [-0.05, 0) is 30.9 Å². The minimum atomic E-state index is -3.10. The van der Waals surface area contributed by atoms with E-state index in [4.69, 9.17) is 0 Å². The molecular formula is C12H18N2O3S. The molecule has 1 unspecified atom stereocenters. The first-order valence-corrected chi connectivity index (χ1v) is 7.91. The van der Waals surface area contributed by atoms with Crippen molar-refractivity contribution < 1.29 is 13.2 Å². The van der Waals surface area contributed by atoms with E-state index >= 15 is 0 Å². The molecule has 1 atom stereocenters. The molecule has 1 saturated heterocycles. The van der Waals surface area contributed by atoms with E-state index in [9.17, 15) is 13.2 Å². The molecule has 1 aromatic rings. The minimum Gasteiger partial charge on any atom is -0.345 e. The highest BCUT2D eigenvalue weighted by molar-refractivity contribution is 7.88. The number of hydrogen-bond donors (Lipinski definition) is 0. The Balaban J connectivity index is 2.04. The molecule has 2 rings (SSSR count). The minimum absolute atomic E-state index is 0.277. The second kappa shape index (κ2) is 5.24. The highest BCUT2D eigenvalue weighted by Gasteiger charge is 2.26. The summed E-state index contributed by atoms with van der Waals surface area (Å²) in [4.78, 5) is 10.8. The van der Waals surface area contributed by atoms with E-state index in [1.54, 1.807) is 6.07 Å². The monoisotopic (exact) mass is 270 g/mol. The van der Waals surface area contributed by atoms with Crippen molar-refractivity contribution in [3.05, 3.63) is 24.0 Å². The van der Waals surface area contributed by atoms with E-state index in [-0.39, 0.29) is 5.92 Å². The molecule has 5 nitrogen and oxygen atoms in total. The lowest BCUT2D eigenvalue weighted by Crippen LogP contribution is -2.40. The first-order valence-electron chi connectivity index (χ1n) is 6.06. The highest BCUT2D eigenvalue weighted by Crippen LogP contribution is 2.20. The molecule has 0 aromatic carbocycles. The van der Waals surface area contributed by atoms with E-state index in [0.29, 0.717) is 25.3 Å². The van der Waals surface area contributed by atoms with E-state index in [0.717, 1.165) is 19.1 Å². The molecular weight excluding hydrogens is 252 g/mol. The van der Waals surface area contributed by atoms with Gasteiger partial charge in [-0.3, -0.25) is 4.79 Å². The van der Waals surface area contributed by atoms with Crippen molar-refractivity contribution in [2.75, 3.05) is 19.3 Å².